The third-order valence-electron chi connectivity index (χ3n) is 3.84. The van der Waals surface area contributed by atoms with Crippen molar-refractivity contribution in [3.8, 4) is 11.5 Å². The van der Waals surface area contributed by atoms with Gasteiger partial charge in [-0.2, -0.15) is 0 Å². The highest BCUT2D eigenvalue weighted by molar-refractivity contribution is 5.92. The summed E-state index contributed by atoms with van der Waals surface area (Å²) in [6.45, 7) is 7.26. The zero-order valence-corrected chi connectivity index (χ0v) is 14.3. The molecule has 1 amide bonds. The Balaban J connectivity index is 1.89. The van der Waals surface area contributed by atoms with Crippen LogP contribution in [-0.2, 0) is 9.53 Å². The summed E-state index contributed by atoms with van der Waals surface area (Å²) in [5.41, 5.74) is 0.476. The van der Waals surface area contributed by atoms with Crippen LogP contribution in [0.1, 0.15) is 20.3 Å². The van der Waals surface area contributed by atoms with Crippen LogP contribution in [0.2, 0.25) is 0 Å². The van der Waals surface area contributed by atoms with Gasteiger partial charge in [0, 0.05) is 32.1 Å². The third-order valence-corrected chi connectivity index (χ3v) is 3.84. The van der Waals surface area contributed by atoms with Crippen molar-refractivity contribution >= 4 is 11.6 Å². The molecule has 128 valence electrons. The lowest BCUT2D eigenvalue weighted by Gasteiger charge is -2.38. The van der Waals surface area contributed by atoms with E-state index in [1.807, 2.05) is 0 Å². The van der Waals surface area contributed by atoms with Crippen LogP contribution in [0, 0.1) is 0 Å². The van der Waals surface area contributed by atoms with E-state index in [9.17, 15) is 4.79 Å². The minimum atomic E-state index is -0.148. The maximum Gasteiger partial charge on any atom is 0.225 e. The summed E-state index contributed by atoms with van der Waals surface area (Å²) in [7, 11) is 3.17. The number of nitrogens with zero attached hydrogens (tertiary/aromatic N) is 1. The van der Waals surface area contributed by atoms with Gasteiger partial charge in [0.05, 0.1) is 32.1 Å². The topological polar surface area (TPSA) is 60.0 Å². The molecule has 1 aromatic rings. The minimum absolute atomic E-state index is 0.0409. The SMILES string of the molecule is COc1ccc(OC)c(NC(=O)CCN2CCOC(C)(C)C2)c1. The molecular weight excluding hydrogens is 296 g/mol. The summed E-state index contributed by atoms with van der Waals surface area (Å²) < 4.78 is 16.1. The molecule has 1 aromatic carbocycles. The molecule has 2 rings (SSSR count). The first-order chi connectivity index (χ1) is 10.9. The lowest BCUT2D eigenvalue weighted by atomic mass is 10.1. The van der Waals surface area contributed by atoms with E-state index in [-0.39, 0.29) is 11.5 Å². The van der Waals surface area contributed by atoms with Gasteiger partial charge in [0.15, 0.2) is 0 Å². The smallest absolute Gasteiger partial charge is 0.225 e. The molecule has 1 saturated heterocycles. The van der Waals surface area contributed by atoms with Crippen LogP contribution in [0.4, 0.5) is 5.69 Å². The highest BCUT2D eigenvalue weighted by Crippen LogP contribution is 2.29. The van der Waals surface area contributed by atoms with E-state index in [0.717, 1.165) is 13.1 Å². The van der Waals surface area contributed by atoms with Crippen LogP contribution >= 0.6 is 0 Å². The molecule has 0 spiro atoms. The fraction of sp³-hybridized carbons (Fsp3) is 0.588. The van der Waals surface area contributed by atoms with Crippen LogP contribution in [0.5, 0.6) is 11.5 Å². The predicted molar refractivity (Wildman–Crippen MR) is 89.3 cm³/mol. The molecule has 1 heterocycles. The molecule has 1 N–H and O–H groups in total. The minimum Gasteiger partial charge on any atom is -0.497 e. The van der Waals surface area contributed by atoms with Crippen molar-refractivity contribution in [2.45, 2.75) is 25.9 Å². The van der Waals surface area contributed by atoms with Crippen molar-refractivity contribution in [2.24, 2.45) is 0 Å². The Labute approximate surface area is 137 Å². The van der Waals surface area contributed by atoms with Gasteiger partial charge in [-0.15, -0.1) is 0 Å². The number of nitrogens with one attached hydrogen (secondary N) is 1. The number of morpholine rings is 1. The summed E-state index contributed by atoms with van der Waals surface area (Å²) >= 11 is 0. The molecule has 1 aliphatic heterocycles. The molecule has 23 heavy (non-hydrogen) atoms. The van der Waals surface area contributed by atoms with Crippen LogP contribution in [0.3, 0.4) is 0 Å². The Morgan fingerprint density at radius 3 is 2.78 bits per heavy atom. The normalized spacial score (nSPS) is 17.6. The van der Waals surface area contributed by atoms with E-state index in [0.29, 0.717) is 36.8 Å². The summed E-state index contributed by atoms with van der Waals surface area (Å²) in [6.07, 6.45) is 0.427. The Bertz CT molecular complexity index is 545. The number of amides is 1. The van der Waals surface area contributed by atoms with Gasteiger partial charge in [-0.25, -0.2) is 0 Å². The molecule has 0 atom stereocenters. The maximum atomic E-state index is 12.2. The molecule has 0 radical (unpaired) electrons. The van der Waals surface area contributed by atoms with Crippen LogP contribution < -0.4 is 14.8 Å². The highest BCUT2D eigenvalue weighted by Gasteiger charge is 2.27. The first-order valence-corrected chi connectivity index (χ1v) is 7.82. The standard InChI is InChI=1S/C17H26N2O4/c1-17(2)12-19(9-10-23-17)8-7-16(20)18-14-11-13(21-3)5-6-15(14)22-4/h5-6,11H,7-10,12H2,1-4H3,(H,18,20). The monoisotopic (exact) mass is 322 g/mol. The van der Waals surface area contributed by atoms with E-state index in [2.05, 4.69) is 24.1 Å². The summed E-state index contributed by atoms with van der Waals surface area (Å²) in [5, 5.41) is 2.89. The maximum absolute atomic E-state index is 12.2. The van der Waals surface area contributed by atoms with Gasteiger partial charge in [-0.3, -0.25) is 9.69 Å². The second-order valence-electron chi connectivity index (χ2n) is 6.25. The predicted octanol–water partition coefficient (Wildman–Crippen LogP) is 2.14. The average molecular weight is 322 g/mol. The number of hydrogen-bond acceptors (Lipinski definition) is 5. The van der Waals surface area contributed by atoms with Crippen molar-refractivity contribution < 1.29 is 19.0 Å². The largest absolute Gasteiger partial charge is 0.497 e. The Morgan fingerprint density at radius 2 is 2.13 bits per heavy atom. The first-order valence-electron chi connectivity index (χ1n) is 7.82. The molecular formula is C17H26N2O4. The van der Waals surface area contributed by atoms with E-state index in [4.69, 9.17) is 14.2 Å². The van der Waals surface area contributed by atoms with Crippen molar-refractivity contribution in [1.29, 1.82) is 0 Å². The number of anilines is 1. The van der Waals surface area contributed by atoms with Crippen molar-refractivity contribution in [3.63, 3.8) is 0 Å². The zero-order chi connectivity index (χ0) is 16.9. The van der Waals surface area contributed by atoms with E-state index >= 15 is 0 Å². The van der Waals surface area contributed by atoms with Gasteiger partial charge in [0.25, 0.3) is 0 Å². The van der Waals surface area contributed by atoms with Crippen molar-refractivity contribution in [2.75, 3.05) is 45.8 Å². The average Bonchev–Trinajstić information content (AvgIpc) is 2.52. The molecule has 0 aliphatic carbocycles. The number of benzene rings is 1. The van der Waals surface area contributed by atoms with E-state index in [1.165, 1.54) is 0 Å². The quantitative estimate of drug-likeness (QED) is 0.869. The lowest BCUT2D eigenvalue weighted by Crippen LogP contribution is -2.48. The molecule has 0 aromatic heterocycles. The van der Waals surface area contributed by atoms with Gasteiger partial charge in [0.2, 0.25) is 5.91 Å². The Kier molecular flexibility index (Phi) is 5.85. The fourth-order valence-electron chi connectivity index (χ4n) is 2.69. The Morgan fingerprint density at radius 1 is 1.35 bits per heavy atom. The van der Waals surface area contributed by atoms with Crippen molar-refractivity contribution in [3.05, 3.63) is 18.2 Å². The molecule has 1 aliphatic rings. The summed E-state index contributed by atoms with van der Waals surface area (Å²) in [4.78, 5) is 14.5. The number of rotatable bonds is 6. The summed E-state index contributed by atoms with van der Waals surface area (Å²) in [5.74, 6) is 1.25. The number of carbonyl (C=O) groups is 1. The van der Waals surface area contributed by atoms with Crippen LogP contribution in [0.15, 0.2) is 18.2 Å². The third kappa shape index (κ3) is 5.11. The molecule has 0 bridgehead atoms. The molecule has 1 fully saturated rings. The van der Waals surface area contributed by atoms with Gasteiger partial charge in [0.1, 0.15) is 11.5 Å². The van der Waals surface area contributed by atoms with E-state index < -0.39 is 0 Å². The van der Waals surface area contributed by atoms with Gasteiger partial charge in [-0.1, -0.05) is 0 Å². The number of carbonyl (C=O) groups excluding carboxylic acids is 1. The molecule has 0 saturated carbocycles. The fourth-order valence-corrected chi connectivity index (χ4v) is 2.69. The van der Waals surface area contributed by atoms with Gasteiger partial charge >= 0.3 is 0 Å². The second kappa shape index (κ2) is 7.66. The number of hydrogen-bond donors (Lipinski definition) is 1. The molecule has 6 heteroatoms. The van der Waals surface area contributed by atoms with Gasteiger partial charge in [-0.05, 0) is 26.0 Å². The van der Waals surface area contributed by atoms with Crippen molar-refractivity contribution in [1.82, 2.24) is 4.90 Å². The number of methoxy groups -OCH3 is 2. The van der Waals surface area contributed by atoms with Crippen LogP contribution in [0.25, 0.3) is 0 Å². The zero-order valence-electron chi connectivity index (χ0n) is 14.3. The summed E-state index contributed by atoms with van der Waals surface area (Å²) in [6, 6.07) is 5.33. The Hall–Kier alpha value is -1.79. The molecule has 6 nitrogen and oxygen atoms in total. The second-order valence-corrected chi connectivity index (χ2v) is 6.25. The molecule has 0 unspecified atom stereocenters. The number of ether oxygens (including phenoxy) is 3. The lowest BCUT2D eigenvalue weighted by molar-refractivity contribution is -0.118. The highest BCUT2D eigenvalue weighted by atomic mass is 16.5. The van der Waals surface area contributed by atoms with Gasteiger partial charge < -0.3 is 19.5 Å². The van der Waals surface area contributed by atoms with Crippen LogP contribution in [-0.4, -0.2) is 56.9 Å². The van der Waals surface area contributed by atoms with E-state index in [1.54, 1.807) is 32.4 Å². The first kappa shape index (κ1) is 17.6.